The van der Waals surface area contributed by atoms with Gasteiger partial charge in [-0.2, -0.15) is 0 Å². The molecule has 3 rings (SSSR count). The summed E-state index contributed by atoms with van der Waals surface area (Å²) in [6.45, 7) is 6.73. The number of nitrogens with two attached hydrogens (primary N) is 1. The maximum atomic E-state index is 6.23. The molecular formula is C14H22ClN5O. The molecule has 2 saturated heterocycles. The average Bonchev–Trinajstić information content (AvgIpc) is 2.99. The number of anilines is 1. The Balaban J connectivity index is 1.59. The van der Waals surface area contributed by atoms with Crippen LogP contribution in [0.1, 0.15) is 12.1 Å². The van der Waals surface area contributed by atoms with Gasteiger partial charge < -0.3 is 10.2 Å². The first-order valence-electron chi connectivity index (χ1n) is 7.42. The normalized spacial score (nSPS) is 24.4. The number of rotatable bonds is 4. The molecule has 3 N–H and O–H groups in total. The Morgan fingerprint density at radius 3 is 2.90 bits per heavy atom. The fraction of sp³-hybridized carbons (Fsp3) is 0.643. The predicted octanol–water partition coefficient (Wildman–Crippen LogP) is 0.927. The van der Waals surface area contributed by atoms with Gasteiger partial charge in [-0.05, 0) is 18.6 Å². The Morgan fingerprint density at radius 2 is 2.14 bits per heavy atom. The van der Waals surface area contributed by atoms with Crippen molar-refractivity contribution in [3.8, 4) is 0 Å². The summed E-state index contributed by atoms with van der Waals surface area (Å²) in [5.74, 6) is 6.06. The maximum Gasteiger partial charge on any atom is 0.140 e. The van der Waals surface area contributed by atoms with E-state index < -0.39 is 0 Å². The largest absolute Gasteiger partial charge is 0.379 e. The molecule has 3 heterocycles. The van der Waals surface area contributed by atoms with Gasteiger partial charge in [-0.25, -0.2) is 10.8 Å². The Bertz CT molecular complexity index is 480. The van der Waals surface area contributed by atoms with Gasteiger partial charge in [-0.3, -0.25) is 9.80 Å². The molecule has 2 aliphatic heterocycles. The van der Waals surface area contributed by atoms with Gasteiger partial charge in [0.1, 0.15) is 5.82 Å². The van der Waals surface area contributed by atoms with E-state index in [9.17, 15) is 0 Å². The second kappa shape index (κ2) is 6.89. The summed E-state index contributed by atoms with van der Waals surface area (Å²) in [7, 11) is 0. The monoisotopic (exact) mass is 311 g/mol. The zero-order chi connectivity index (χ0) is 14.7. The summed E-state index contributed by atoms with van der Waals surface area (Å²) in [6, 6.07) is 4.25. The molecule has 0 bridgehead atoms. The number of nitrogens with zero attached hydrogens (tertiary/aromatic N) is 3. The molecule has 2 aliphatic rings. The quantitative estimate of drug-likeness (QED) is 0.637. The van der Waals surface area contributed by atoms with Crippen LogP contribution < -0.4 is 11.3 Å². The van der Waals surface area contributed by atoms with Crippen molar-refractivity contribution in [2.75, 3.05) is 44.8 Å². The van der Waals surface area contributed by atoms with E-state index in [1.54, 1.807) is 6.07 Å². The smallest absolute Gasteiger partial charge is 0.140 e. The van der Waals surface area contributed by atoms with Crippen molar-refractivity contribution >= 4 is 17.4 Å². The fourth-order valence-corrected chi connectivity index (χ4v) is 3.25. The molecule has 116 valence electrons. The fourth-order valence-electron chi connectivity index (χ4n) is 3.08. The van der Waals surface area contributed by atoms with E-state index in [4.69, 9.17) is 22.2 Å². The van der Waals surface area contributed by atoms with Gasteiger partial charge in [0.25, 0.3) is 0 Å². The third kappa shape index (κ3) is 3.64. The first-order chi connectivity index (χ1) is 10.3. The molecule has 1 aromatic heterocycles. The van der Waals surface area contributed by atoms with E-state index in [0.717, 1.165) is 51.6 Å². The number of morpholine rings is 1. The molecular weight excluding hydrogens is 290 g/mol. The number of halogens is 1. The molecule has 1 atom stereocenters. The minimum atomic E-state index is 0.628. The highest BCUT2D eigenvalue weighted by molar-refractivity contribution is 6.31. The van der Waals surface area contributed by atoms with E-state index in [1.807, 2.05) is 6.07 Å². The van der Waals surface area contributed by atoms with Gasteiger partial charge in [0.05, 0.1) is 23.9 Å². The second-order valence-corrected chi connectivity index (χ2v) is 6.00. The number of pyridine rings is 1. The van der Waals surface area contributed by atoms with Crippen LogP contribution in [0.5, 0.6) is 0 Å². The molecule has 1 unspecified atom stereocenters. The molecule has 0 radical (unpaired) electrons. The molecule has 0 spiro atoms. The molecule has 0 amide bonds. The van der Waals surface area contributed by atoms with Crippen molar-refractivity contribution in [2.24, 2.45) is 5.84 Å². The van der Waals surface area contributed by atoms with E-state index in [1.165, 1.54) is 6.42 Å². The summed E-state index contributed by atoms with van der Waals surface area (Å²) in [5, 5.41) is 0.698. The Labute approximate surface area is 130 Å². The van der Waals surface area contributed by atoms with Gasteiger partial charge in [0.15, 0.2) is 0 Å². The summed E-state index contributed by atoms with van der Waals surface area (Å²) in [5.41, 5.74) is 3.45. The average molecular weight is 312 g/mol. The lowest BCUT2D eigenvalue weighted by atomic mass is 10.2. The van der Waals surface area contributed by atoms with Crippen LogP contribution in [0.3, 0.4) is 0 Å². The molecule has 6 nitrogen and oxygen atoms in total. The highest BCUT2D eigenvalue weighted by Crippen LogP contribution is 2.22. The highest BCUT2D eigenvalue weighted by atomic mass is 35.5. The van der Waals surface area contributed by atoms with Crippen LogP contribution >= 0.6 is 11.6 Å². The molecule has 7 heteroatoms. The highest BCUT2D eigenvalue weighted by Gasteiger charge is 2.29. The lowest BCUT2D eigenvalue weighted by Crippen LogP contribution is -2.44. The van der Waals surface area contributed by atoms with Gasteiger partial charge >= 0.3 is 0 Å². The molecule has 2 fully saturated rings. The topological polar surface area (TPSA) is 66.7 Å². The third-order valence-electron chi connectivity index (χ3n) is 4.25. The summed E-state index contributed by atoms with van der Waals surface area (Å²) in [4.78, 5) is 9.40. The van der Waals surface area contributed by atoms with E-state index in [-0.39, 0.29) is 0 Å². The number of likely N-dealkylation sites (tertiary alicyclic amines) is 1. The van der Waals surface area contributed by atoms with Crippen molar-refractivity contribution in [2.45, 2.75) is 19.0 Å². The van der Waals surface area contributed by atoms with Gasteiger partial charge in [-0.15, -0.1) is 0 Å². The van der Waals surface area contributed by atoms with Crippen molar-refractivity contribution in [3.63, 3.8) is 0 Å². The van der Waals surface area contributed by atoms with Crippen LogP contribution in [0.25, 0.3) is 0 Å². The van der Waals surface area contributed by atoms with Crippen molar-refractivity contribution in [1.82, 2.24) is 14.8 Å². The van der Waals surface area contributed by atoms with E-state index in [0.29, 0.717) is 16.9 Å². The molecule has 0 aromatic carbocycles. The van der Waals surface area contributed by atoms with Crippen LogP contribution in [0, 0.1) is 0 Å². The van der Waals surface area contributed by atoms with Crippen LogP contribution in [0.15, 0.2) is 12.1 Å². The number of hydrazine groups is 1. The number of nitrogen functional groups attached to an aromatic ring is 1. The zero-order valence-electron chi connectivity index (χ0n) is 12.1. The number of aromatic nitrogens is 1. The van der Waals surface area contributed by atoms with Crippen LogP contribution in [0.4, 0.5) is 5.82 Å². The SMILES string of the molecule is NNc1ccc(Cl)c(CN2CCC(N3CCOCC3)C2)n1. The third-order valence-corrected chi connectivity index (χ3v) is 4.59. The summed E-state index contributed by atoms with van der Waals surface area (Å²) < 4.78 is 5.42. The Morgan fingerprint density at radius 1 is 1.33 bits per heavy atom. The number of hydrogen-bond donors (Lipinski definition) is 2. The predicted molar refractivity (Wildman–Crippen MR) is 83.1 cm³/mol. The second-order valence-electron chi connectivity index (χ2n) is 5.60. The molecule has 0 aliphatic carbocycles. The number of nitrogens with one attached hydrogen (secondary N) is 1. The number of ether oxygens (including phenoxy) is 1. The molecule has 1 aromatic rings. The van der Waals surface area contributed by atoms with Crippen LogP contribution in [-0.4, -0.2) is 60.2 Å². The Kier molecular flexibility index (Phi) is 4.92. The maximum absolute atomic E-state index is 6.23. The number of hydrogen-bond acceptors (Lipinski definition) is 6. The van der Waals surface area contributed by atoms with E-state index >= 15 is 0 Å². The Hall–Kier alpha value is -0.920. The molecule has 0 saturated carbocycles. The first-order valence-corrected chi connectivity index (χ1v) is 7.80. The lowest BCUT2D eigenvalue weighted by Gasteiger charge is -2.32. The van der Waals surface area contributed by atoms with Crippen LogP contribution in [0.2, 0.25) is 5.02 Å². The first kappa shape index (κ1) is 15.0. The van der Waals surface area contributed by atoms with Gasteiger partial charge in [-0.1, -0.05) is 11.6 Å². The summed E-state index contributed by atoms with van der Waals surface area (Å²) in [6.07, 6.45) is 1.20. The van der Waals surface area contributed by atoms with Crippen molar-refractivity contribution in [3.05, 3.63) is 22.8 Å². The minimum Gasteiger partial charge on any atom is -0.379 e. The van der Waals surface area contributed by atoms with Crippen LogP contribution in [-0.2, 0) is 11.3 Å². The van der Waals surface area contributed by atoms with Gasteiger partial charge in [0, 0.05) is 38.8 Å². The van der Waals surface area contributed by atoms with E-state index in [2.05, 4.69) is 20.2 Å². The van der Waals surface area contributed by atoms with Crippen molar-refractivity contribution in [1.29, 1.82) is 0 Å². The summed E-state index contributed by atoms with van der Waals surface area (Å²) >= 11 is 6.23. The minimum absolute atomic E-state index is 0.628. The lowest BCUT2D eigenvalue weighted by molar-refractivity contribution is 0.0183. The van der Waals surface area contributed by atoms with Crippen molar-refractivity contribution < 1.29 is 4.74 Å². The molecule has 21 heavy (non-hydrogen) atoms. The standard InChI is InChI=1S/C14H22ClN5O/c15-12-1-2-14(18-16)17-13(12)10-19-4-3-11(9-19)20-5-7-21-8-6-20/h1-2,11H,3-10,16H2,(H,17,18). The van der Waals surface area contributed by atoms with Gasteiger partial charge in [0.2, 0.25) is 0 Å². The zero-order valence-corrected chi connectivity index (χ0v) is 12.9.